The van der Waals surface area contributed by atoms with E-state index in [-0.39, 0.29) is 11.3 Å². The first kappa shape index (κ1) is 26.3. The minimum absolute atomic E-state index is 0.0128. The number of anilines is 1. The fourth-order valence-corrected chi connectivity index (χ4v) is 5.41. The Balaban J connectivity index is 1.47. The molecule has 2 aromatic heterocycles. The zero-order valence-corrected chi connectivity index (χ0v) is 21.0. The molecule has 0 aliphatic carbocycles. The Bertz CT molecular complexity index is 1460. The number of hydrogen-bond acceptors (Lipinski definition) is 8. The molecule has 1 fully saturated rings. The van der Waals surface area contributed by atoms with Crippen molar-refractivity contribution in [1.82, 2.24) is 15.0 Å². The van der Waals surface area contributed by atoms with Gasteiger partial charge in [-0.15, -0.1) is 16.4 Å². The van der Waals surface area contributed by atoms with Crippen molar-refractivity contribution >= 4 is 33.0 Å². The van der Waals surface area contributed by atoms with Crippen LogP contribution >= 0.6 is 11.3 Å². The van der Waals surface area contributed by atoms with Gasteiger partial charge in [0, 0.05) is 30.1 Å². The van der Waals surface area contributed by atoms with Crippen LogP contribution in [0.5, 0.6) is 0 Å². The number of ether oxygens (including phenoxy) is 2. The zero-order valence-electron chi connectivity index (χ0n) is 20.2. The van der Waals surface area contributed by atoms with Gasteiger partial charge >= 0.3 is 0 Å². The van der Waals surface area contributed by atoms with E-state index >= 15 is 0 Å². The third kappa shape index (κ3) is 4.56. The van der Waals surface area contributed by atoms with Gasteiger partial charge in [0.15, 0.2) is 23.6 Å². The molecule has 1 amide bonds. The van der Waals surface area contributed by atoms with Gasteiger partial charge in [0.25, 0.3) is 5.91 Å². The summed E-state index contributed by atoms with van der Waals surface area (Å²) in [7, 11) is 2.90. The highest BCUT2D eigenvalue weighted by Gasteiger charge is 2.50. The number of rotatable bonds is 6. The van der Waals surface area contributed by atoms with E-state index < -0.39 is 60.4 Å². The number of methoxy groups -OCH3 is 1. The van der Waals surface area contributed by atoms with Crippen LogP contribution in [0, 0.1) is 17.5 Å². The van der Waals surface area contributed by atoms with Crippen molar-refractivity contribution in [2.75, 3.05) is 25.7 Å². The fraction of sp³-hybridized carbons (Fsp3) is 0.320. The lowest BCUT2D eigenvalue weighted by Crippen LogP contribution is -2.60. The number of amides is 1. The van der Waals surface area contributed by atoms with Crippen molar-refractivity contribution in [2.24, 2.45) is 0 Å². The topological polar surface area (TPSA) is 110 Å². The van der Waals surface area contributed by atoms with Gasteiger partial charge in [-0.3, -0.25) is 4.79 Å². The highest BCUT2D eigenvalue weighted by Crippen LogP contribution is 2.35. The van der Waals surface area contributed by atoms with Crippen LogP contribution in [0.1, 0.15) is 6.04 Å². The van der Waals surface area contributed by atoms with Gasteiger partial charge < -0.3 is 24.6 Å². The molecule has 2 N–H and O–H groups in total. The smallest absolute Gasteiger partial charge is 0.258 e. The zero-order chi connectivity index (χ0) is 27.1. The van der Waals surface area contributed by atoms with Gasteiger partial charge in [0.1, 0.15) is 30.0 Å². The summed E-state index contributed by atoms with van der Waals surface area (Å²) in [5.74, 6) is -4.91. The molecule has 5 atom stereocenters. The van der Waals surface area contributed by atoms with E-state index in [9.17, 15) is 28.2 Å². The number of carbonyl (C=O) groups is 1. The van der Waals surface area contributed by atoms with E-state index in [4.69, 9.17) is 9.47 Å². The van der Waals surface area contributed by atoms with E-state index in [0.29, 0.717) is 5.69 Å². The molecule has 1 aliphatic heterocycles. The highest BCUT2D eigenvalue weighted by atomic mass is 32.1. The summed E-state index contributed by atoms with van der Waals surface area (Å²) in [5, 5.41) is 31.7. The number of halogens is 3. The lowest BCUT2D eigenvalue weighted by atomic mass is 9.91. The van der Waals surface area contributed by atoms with E-state index in [0.717, 1.165) is 22.2 Å². The first-order valence-corrected chi connectivity index (χ1v) is 12.4. The summed E-state index contributed by atoms with van der Waals surface area (Å²) in [6.07, 6.45) is -3.64. The maximum atomic E-state index is 13.8. The van der Waals surface area contributed by atoms with Crippen LogP contribution in [0.4, 0.5) is 18.9 Å². The first-order valence-electron chi connectivity index (χ1n) is 11.5. The Kier molecular flexibility index (Phi) is 7.20. The minimum atomic E-state index is -1.62. The number of aliphatic hydroxyl groups excluding tert-OH is 2. The van der Waals surface area contributed by atoms with Crippen LogP contribution in [0.15, 0.2) is 48.0 Å². The first-order chi connectivity index (χ1) is 18.2. The Labute approximate surface area is 218 Å². The van der Waals surface area contributed by atoms with Crippen molar-refractivity contribution in [2.45, 2.75) is 30.5 Å². The molecule has 2 aromatic carbocycles. The number of thiophene rings is 1. The molecule has 9 nitrogen and oxygen atoms in total. The Hall–Kier alpha value is -3.36. The third-order valence-electron chi connectivity index (χ3n) is 6.64. The van der Waals surface area contributed by atoms with Crippen LogP contribution in [0.2, 0.25) is 0 Å². The van der Waals surface area contributed by atoms with Crippen LogP contribution in [-0.2, 0) is 14.3 Å². The lowest BCUT2D eigenvalue weighted by molar-refractivity contribution is -0.211. The predicted molar refractivity (Wildman–Crippen MR) is 132 cm³/mol. The number of benzene rings is 2. The Morgan fingerprint density at radius 3 is 2.63 bits per heavy atom. The van der Waals surface area contributed by atoms with Crippen LogP contribution in [0.3, 0.4) is 0 Å². The third-order valence-corrected chi connectivity index (χ3v) is 7.52. The van der Waals surface area contributed by atoms with Gasteiger partial charge in [0.05, 0.1) is 12.8 Å². The van der Waals surface area contributed by atoms with Gasteiger partial charge in [-0.05, 0) is 41.1 Å². The standard InChI is InChI=1S/C25H23F3N4O5S/c1-31(14-4-3-12-5-6-38-19(12)9-14)25(35)24-23(36-2)21(22(34)18(11-33)37-24)32-10-17(29-30-32)13-7-15(26)20(28)16(27)8-13/h3-10,18,21-24,33-34H,11H2,1-2H3/t18-,21+,22+,23-,24-/m1/s1. The molecule has 0 bridgehead atoms. The SMILES string of the molecule is CO[C@@H]1[C@@H](n2cc(-c3cc(F)c(F)c(F)c3)nn2)[C@@H](O)[C@@H](CO)O[C@H]1C(=O)N(C)c1ccc2ccsc2c1. The fourth-order valence-electron chi connectivity index (χ4n) is 4.59. The molecular formula is C25H23F3N4O5S. The van der Waals surface area contributed by atoms with Crippen molar-refractivity contribution < 1.29 is 37.7 Å². The van der Waals surface area contributed by atoms with Crippen molar-refractivity contribution in [3.63, 3.8) is 0 Å². The van der Waals surface area contributed by atoms with Crippen LogP contribution < -0.4 is 4.90 Å². The molecule has 5 rings (SSSR count). The number of likely N-dealkylation sites (N-methyl/N-ethyl adjacent to an activating group) is 1. The van der Waals surface area contributed by atoms with Crippen molar-refractivity contribution in [3.8, 4) is 11.3 Å². The summed E-state index contributed by atoms with van der Waals surface area (Å²) in [6.45, 7) is -0.612. The quantitative estimate of drug-likeness (QED) is 0.357. The molecule has 0 unspecified atom stereocenters. The molecule has 3 heterocycles. The molecule has 1 saturated heterocycles. The molecule has 38 heavy (non-hydrogen) atoms. The summed E-state index contributed by atoms with van der Waals surface area (Å²) in [5.41, 5.74) is 0.509. The van der Waals surface area contributed by atoms with Crippen LogP contribution in [-0.4, -0.2) is 76.3 Å². The molecule has 0 saturated carbocycles. The lowest BCUT2D eigenvalue weighted by Gasteiger charge is -2.43. The monoisotopic (exact) mass is 548 g/mol. The van der Waals surface area contributed by atoms with Crippen LogP contribution in [0.25, 0.3) is 21.3 Å². The average molecular weight is 549 g/mol. The number of fused-ring (bicyclic) bond motifs is 1. The largest absolute Gasteiger partial charge is 0.394 e. The molecule has 0 radical (unpaired) electrons. The molecule has 200 valence electrons. The second-order valence-corrected chi connectivity index (χ2v) is 9.78. The molecule has 0 spiro atoms. The van der Waals surface area contributed by atoms with Crippen molar-refractivity contribution in [3.05, 3.63) is 65.4 Å². The van der Waals surface area contributed by atoms with Gasteiger partial charge in [-0.2, -0.15) is 0 Å². The maximum Gasteiger partial charge on any atom is 0.258 e. The maximum absolute atomic E-state index is 13.8. The second-order valence-electron chi connectivity index (χ2n) is 8.84. The highest BCUT2D eigenvalue weighted by molar-refractivity contribution is 7.17. The summed E-state index contributed by atoms with van der Waals surface area (Å²) in [6, 6.07) is 7.97. The minimum Gasteiger partial charge on any atom is -0.394 e. The number of aromatic nitrogens is 3. The molecule has 1 aliphatic rings. The normalized spacial score (nSPS) is 23.6. The summed E-state index contributed by atoms with van der Waals surface area (Å²) < 4.78 is 54.5. The number of carbonyl (C=O) groups excluding carboxylic acids is 1. The Morgan fingerprint density at radius 1 is 1.21 bits per heavy atom. The second kappa shape index (κ2) is 10.4. The Morgan fingerprint density at radius 2 is 1.95 bits per heavy atom. The van der Waals surface area contributed by atoms with Gasteiger partial charge in [-0.1, -0.05) is 11.3 Å². The molecular weight excluding hydrogens is 525 g/mol. The van der Waals surface area contributed by atoms with E-state index in [1.165, 1.54) is 34.2 Å². The number of hydrogen-bond donors (Lipinski definition) is 2. The van der Waals surface area contributed by atoms with E-state index in [1.807, 2.05) is 23.6 Å². The van der Waals surface area contributed by atoms with E-state index in [2.05, 4.69) is 10.3 Å². The van der Waals surface area contributed by atoms with E-state index in [1.54, 1.807) is 13.1 Å². The van der Waals surface area contributed by atoms with Gasteiger partial charge in [-0.25, -0.2) is 17.9 Å². The molecule has 13 heteroatoms. The summed E-state index contributed by atoms with van der Waals surface area (Å²) >= 11 is 1.53. The average Bonchev–Trinajstić information content (AvgIpc) is 3.59. The predicted octanol–water partition coefficient (Wildman–Crippen LogP) is 2.92. The van der Waals surface area contributed by atoms with Crippen molar-refractivity contribution in [1.29, 1.82) is 0 Å². The van der Waals surface area contributed by atoms with Gasteiger partial charge in [0.2, 0.25) is 0 Å². The number of nitrogens with zero attached hydrogens (tertiary/aromatic N) is 4. The molecule has 4 aromatic rings. The summed E-state index contributed by atoms with van der Waals surface area (Å²) in [4.78, 5) is 15.0. The number of aliphatic hydroxyl groups is 2.